The molecule has 0 radical (unpaired) electrons. The number of nitrogens with zero attached hydrogens (tertiary/aromatic N) is 2. The second-order valence-electron chi connectivity index (χ2n) is 9.93. The van der Waals surface area contributed by atoms with Gasteiger partial charge < -0.3 is 24.5 Å². The molecule has 0 bridgehead atoms. The van der Waals surface area contributed by atoms with Crippen molar-refractivity contribution in [1.82, 2.24) is 15.1 Å². The number of carbonyl (C=O) groups excluding carboxylic acids is 2. The summed E-state index contributed by atoms with van der Waals surface area (Å²) in [6.45, 7) is 3.96. The molecule has 202 valence electrons. The number of alkyl halides is 3. The van der Waals surface area contributed by atoms with Gasteiger partial charge >= 0.3 is 12.1 Å². The number of ether oxygens (including phenoxy) is 1. The third-order valence-electron chi connectivity index (χ3n) is 7.15. The van der Waals surface area contributed by atoms with Gasteiger partial charge in [0.25, 0.3) is 5.91 Å². The van der Waals surface area contributed by atoms with Gasteiger partial charge in [0.1, 0.15) is 17.2 Å². The summed E-state index contributed by atoms with van der Waals surface area (Å²) in [5, 5.41) is 11.3. The molecule has 37 heavy (non-hydrogen) atoms. The second kappa shape index (κ2) is 10.3. The van der Waals surface area contributed by atoms with Crippen LogP contribution in [0.25, 0.3) is 11.0 Å². The summed E-state index contributed by atoms with van der Waals surface area (Å²) in [7, 11) is 1.97. The lowest BCUT2D eigenvalue weighted by Crippen LogP contribution is -2.73. The number of morpholine rings is 1. The summed E-state index contributed by atoms with van der Waals surface area (Å²) in [6, 6.07) is 7.75. The highest BCUT2D eigenvalue weighted by Crippen LogP contribution is 2.34. The largest absolute Gasteiger partial charge is 0.490 e. The molecule has 12 heteroatoms. The normalized spacial score (nSPS) is 21.9. The number of rotatable bonds is 3. The molecule has 1 saturated carbocycles. The molecule has 1 aliphatic carbocycles. The average Bonchev–Trinajstić information content (AvgIpc) is 3.44. The van der Waals surface area contributed by atoms with E-state index in [4.69, 9.17) is 19.1 Å². The van der Waals surface area contributed by atoms with Gasteiger partial charge in [0.2, 0.25) is 5.91 Å². The molecule has 9 nitrogen and oxygen atoms in total. The number of aryl methyl sites for hydroxylation is 1. The molecule has 1 aromatic heterocycles. The zero-order valence-corrected chi connectivity index (χ0v) is 20.6. The minimum absolute atomic E-state index is 0.0596. The van der Waals surface area contributed by atoms with E-state index in [1.807, 2.05) is 38.2 Å². The van der Waals surface area contributed by atoms with E-state index in [9.17, 15) is 22.8 Å². The lowest BCUT2D eigenvalue weighted by Gasteiger charge is -2.54. The van der Waals surface area contributed by atoms with Crippen LogP contribution < -0.4 is 5.32 Å². The quantitative estimate of drug-likeness (QED) is 0.634. The van der Waals surface area contributed by atoms with Crippen LogP contribution in [0.1, 0.15) is 41.8 Å². The fourth-order valence-corrected chi connectivity index (χ4v) is 5.14. The van der Waals surface area contributed by atoms with Crippen LogP contribution in [0.2, 0.25) is 0 Å². The molecular formula is C25H30F3N3O6. The fourth-order valence-electron chi connectivity index (χ4n) is 5.14. The maximum absolute atomic E-state index is 13.0. The number of para-hydroxylation sites is 1. The highest BCUT2D eigenvalue weighted by molar-refractivity contribution is 5.99. The Kier molecular flexibility index (Phi) is 7.52. The summed E-state index contributed by atoms with van der Waals surface area (Å²) in [5.74, 6) is -2.39. The van der Waals surface area contributed by atoms with E-state index in [1.165, 1.54) is 12.8 Å². The Labute approximate surface area is 211 Å². The van der Waals surface area contributed by atoms with E-state index in [2.05, 4.69) is 10.2 Å². The molecule has 2 aliphatic heterocycles. The van der Waals surface area contributed by atoms with Crippen LogP contribution in [0.5, 0.6) is 0 Å². The summed E-state index contributed by atoms with van der Waals surface area (Å²) in [4.78, 5) is 38.4. The Balaban J connectivity index is 0.000000405. The number of hydrogen-bond donors (Lipinski definition) is 2. The van der Waals surface area contributed by atoms with Gasteiger partial charge in [0, 0.05) is 23.5 Å². The molecule has 5 rings (SSSR count). The van der Waals surface area contributed by atoms with Crippen LogP contribution in [-0.4, -0.2) is 89.8 Å². The first-order chi connectivity index (χ1) is 17.4. The van der Waals surface area contributed by atoms with Crippen LogP contribution in [0.4, 0.5) is 13.2 Å². The molecule has 2 N–H and O–H groups in total. The summed E-state index contributed by atoms with van der Waals surface area (Å²) >= 11 is 0. The van der Waals surface area contributed by atoms with Crippen molar-refractivity contribution in [3.05, 3.63) is 35.6 Å². The zero-order chi connectivity index (χ0) is 27.0. The number of halogens is 3. The minimum atomic E-state index is -5.08. The number of likely N-dealkylation sites (N-methyl/N-ethyl adjacent to an activating group) is 1. The number of hydrogen-bond acceptors (Lipinski definition) is 6. The van der Waals surface area contributed by atoms with Crippen LogP contribution in [0.15, 0.2) is 28.7 Å². The molecule has 2 saturated heterocycles. The van der Waals surface area contributed by atoms with Crippen LogP contribution >= 0.6 is 0 Å². The van der Waals surface area contributed by atoms with Gasteiger partial charge in [0.05, 0.1) is 19.7 Å². The highest BCUT2D eigenvalue weighted by atomic mass is 19.4. The number of carbonyl (C=O) groups is 3. The number of furan rings is 1. The first kappa shape index (κ1) is 26.9. The number of aliphatic carboxylic acids is 1. The number of amides is 2. The van der Waals surface area contributed by atoms with E-state index in [0.29, 0.717) is 38.0 Å². The predicted molar refractivity (Wildman–Crippen MR) is 126 cm³/mol. The van der Waals surface area contributed by atoms with Crippen LogP contribution in [0, 0.1) is 6.92 Å². The maximum Gasteiger partial charge on any atom is 0.490 e. The van der Waals surface area contributed by atoms with Crippen LogP contribution in [0.3, 0.4) is 0 Å². The smallest absolute Gasteiger partial charge is 0.475 e. The van der Waals surface area contributed by atoms with E-state index in [-0.39, 0.29) is 17.9 Å². The Bertz CT molecular complexity index is 1170. The number of benzene rings is 1. The maximum atomic E-state index is 13.0. The molecule has 3 aliphatic rings. The van der Waals surface area contributed by atoms with Crippen molar-refractivity contribution in [3.8, 4) is 0 Å². The third kappa shape index (κ3) is 5.74. The minimum Gasteiger partial charge on any atom is -0.475 e. The highest BCUT2D eigenvalue weighted by Gasteiger charge is 2.52. The Morgan fingerprint density at radius 1 is 1.11 bits per heavy atom. The van der Waals surface area contributed by atoms with Crippen molar-refractivity contribution >= 4 is 28.8 Å². The Hall–Kier alpha value is -3.12. The van der Waals surface area contributed by atoms with Gasteiger partial charge in [0.15, 0.2) is 5.76 Å². The first-order valence-corrected chi connectivity index (χ1v) is 12.1. The van der Waals surface area contributed by atoms with Crippen molar-refractivity contribution in [1.29, 1.82) is 0 Å². The monoisotopic (exact) mass is 525 g/mol. The van der Waals surface area contributed by atoms with Gasteiger partial charge in [-0.25, -0.2) is 4.79 Å². The van der Waals surface area contributed by atoms with Gasteiger partial charge in [-0.2, -0.15) is 13.2 Å². The van der Waals surface area contributed by atoms with E-state index >= 15 is 0 Å². The molecule has 3 fully saturated rings. The number of likely N-dealkylation sites (tertiary alicyclic amines) is 1. The van der Waals surface area contributed by atoms with E-state index in [0.717, 1.165) is 29.4 Å². The molecule has 1 aromatic carbocycles. The third-order valence-corrected chi connectivity index (χ3v) is 7.15. The van der Waals surface area contributed by atoms with Gasteiger partial charge in [-0.05, 0) is 32.9 Å². The molecule has 1 spiro atoms. The average molecular weight is 526 g/mol. The molecule has 2 aromatic rings. The number of carboxylic acids is 1. The van der Waals surface area contributed by atoms with Gasteiger partial charge in [-0.15, -0.1) is 0 Å². The Morgan fingerprint density at radius 2 is 1.73 bits per heavy atom. The Morgan fingerprint density at radius 3 is 2.30 bits per heavy atom. The van der Waals surface area contributed by atoms with Gasteiger partial charge in [-0.1, -0.05) is 31.0 Å². The second-order valence-corrected chi connectivity index (χ2v) is 9.93. The SMILES string of the molecule is Cc1c(C(=O)N2CC3(C2)CN(C)C(C(=O)NC2CCCC2)CO3)oc2ccccc12.O=C(O)C(F)(F)F. The van der Waals surface area contributed by atoms with Crippen molar-refractivity contribution in [2.75, 3.05) is 33.3 Å². The molecule has 1 unspecified atom stereocenters. The van der Waals surface area contributed by atoms with E-state index < -0.39 is 17.7 Å². The number of nitrogens with one attached hydrogen (secondary N) is 1. The summed E-state index contributed by atoms with van der Waals surface area (Å²) < 4.78 is 43.7. The number of carboxylic acid groups (broad SMARTS) is 1. The van der Waals surface area contributed by atoms with E-state index in [1.54, 1.807) is 4.90 Å². The molecule has 1 atom stereocenters. The summed E-state index contributed by atoms with van der Waals surface area (Å²) in [6.07, 6.45) is -0.546. The standard InChI is InChI=1S/C23H29N3O4.C2HF3O2/c1-15-17-9-5-6-10-19(17)30-20(15)22(28)26-13-23(14-26)12-25(2)18(11-29-23)21(27)24-16-7-3-4-8-16;3-2(4,5)1(6)7/h5-6,9-10,16,18H,3-4,7-8,11-14H2,1-2H3,(H,24,27);(H,6,7). The van der Waals surface area contributed by atoms with Crippen molar-refractivity contribution in [2.24, 2.45) is 0 Å². The zero-order valence-electron chi connectivity index (χ0n) is 20.6. The molecular weight excluding hydrogens is 495 g/mol. The van der Waals surface area contributed by atoms with Crippen molar-refractivity contribution in [3.63, 3.8) is 0 Å². The predicted octanol–water partition coefficient (Wildman–Crippen LogP) is 2.96. The van der Waals surface area contributed by atoms with Gasteiger partial charge in [-0.3, -0.25) is 14.5 Å². The lowest BCUT2D eigenvalue weighted by molar-refractivity contribution is -0.192. The summed E-state index contributed by atoms with van der Waals surface area (Å²) in [5.41, 5.74) is 1.22. The molecule has 3 heterocycles. The fraction of sp³-hybridized carbons (Fsp3) is 0.560. The van der Waals surface area contributed by atoms with Crippen molar-refractivity contribution in [2.45, 2.75) is 56.5 Å². The van der Waals surface area contributed by atoms with Crippen molar-refractivity contribution < 1.29 is 41.8 Å². The van der Waals surface area contributed by atoms with Crippen LogP contribution in [-0.2, 0) is 14.3 Å². The number of fused-ring (bicyclic) bond motifs is 1. The molecule has 2 amide bonds. The first-order valence-electron chi connectivity index (χ1n) is 12.1. The lowest BCUT2D eigenvalue weighted by atomic mass is 9.90. The topological polar surface area (TPSA) is 112 Å².